The first-order chi connectivity index (χ1) is 22.8. The van der Waals surface area contributed by atoms with E-state index in [9.17, 15) is 0 Å². The van der Waals surface area contributed by atoms with E-state index in [1.54, 1.807) is 0 Å². The van der Waals surface area contributed by atoms with E-state index in [4.69, 9.17) is 9.97 Å². The molecule has 10 aromatic rings. The van der Waals surface area contributed by atoms with Crippen molar-refractivity contribution in [1.29, 1.82) is 0 Å². The number of nitrogens with zero attached hydrogens (tertiary/aromatic N) is 3. The van der Waals surface area contributed by atoms with E-state index in [2.05, 4.69) is 144 Å². The fourth-order valence-corrected chi connectivity index (χ4v) is 8.37. The molecule has 10 rings (SSSR count). The molecular weight excluding hydrogens is 579 g/mol. The van der Waals surface area contributed by atoms with Crippen molar-refractivity contribution in [1.82, 2.24) is 14.5 Å². The Kier molecular flexibility index (Phi) is 5.45. The Morgan fingerprint density at radius 3 is 2.13 bits per heavy atom. The molecule has 214 valence electrons. The third-order valence-electron chi connectivity index (χ3n) is 9.21. The van der Waals surface area contributed by atoms with E-state index in [1.807, 2.05) is 23.5 Å². The van der Waals surface area contributed by atoms with Crippen molar-refractivity contribution in [2.75, 3.05) is 0 Å². The number of para-hydroxylation sites is 1. The lowest BCUT2D eigenvalue weighted by Gasteiger charge is -2.12. The molecule has 7 aromatic carbocycles. The van der Waals surface area contributed by atoms with Crippen LogP contribution in [-0.4, -0.2) is 14.5 Å². The highest BCUT2D eigenvalue weighted by Crippen LogP contribution is 2.43. The van der Waals surface area contributed by atoms with Crippen molar-refractivity contribution < 1.29 is 0 Å². The molecule has 4 heteroatoms. The van der Waals surface area contributed by atoms with Gasteiger partial charge < -0.3 is 0 Å². The predicted octanol–water partition coefficient (Wildman–Crippen LogP) is 11.6. The minimum absolute atomic E-state index is 0.673. The molecular formula is C42H25N3S. The molecule has 0 fully saturated rings. The highest BCUT2D eigenvalue weighted by molar-refractivity contribution is 7.26. The highest BCUT2D eigenvalue weighted by atomic mass is 32.1. The molecule has 0 aliphatic heterocycles. The Balaban J connectivity index is 1.30. The van der Waals surface area contributed by atoms with Gasteiger partial charge in [-0.25, -0.2) is 9.97 Å². The van der Waals surface area contributed by atoms with Gasteiger partial charge >= 0.3 is 0 Å². The first kappa shape index (κ1) is 25.5. The van der Waals surface area contributed by atoms with Crippen molar-refractivity contribution in [3.63, 3.8) is 0 Å². The van der Waals surface area contributed by atoms with Crippen LogP contribution in [0.4, 0.5) is 0 Å². The lowest BCUT2D eigenvalue weighted by atomic mass is 9.99. The van der Waals surface area contributed by atoms with Crippen molar-refractivity contribution in [3.05, 3.63) is 152 Å². The van der Waals surface area contributed by atoms with Gasteiger partial charge in [0.25, 0.3) is 0 Å². The predicted molar refractivity (Wildman–Crippen MR) is 195 cm³/mol. The number of thiophene rings is 1. The lowest BCUT2D eigenvalue weighted by Crippen LogP contribution is -2.03. The van der Waals surface area contributed by atoms with Crippen LogP contribution in [0.15, 0.2) is 152 Å². The summed E-state index contributed by atoms with van der Waals surface area (Å²) >= 11 is 1.87. The smallest absolute Gasteiger partial charge is 0.235 e. The number of hydrogen-bond donors (Lipinski definition) is 0. The standard InChI is InChI=1S/C42H25N3S/c1-2-12-27(13-3-1)40-33-16-6-8-19-35(33)43-42(44-40)45-36-23-22-28(25-34(36)39-29-14-5-4-11-26(29)21-24-37(39)45)30-17-10-18-32-31-15-7-9-20-38(31)46-41(30)32/h1-25H. The van der Waals surface area contributed by atoms with Crippen LogP contribution < -0.4 is 0 Å². The molecule has 0 bridgehead atoms. The second-order valence-corrected chi connectivity index (χ2v) is 12.8. The summed E-state index contributed by atoms with van der Waals surface area (Å²) in [5.41, 5.74) is 7.59. The second-order valence-electron chi connectivity index (χ2n) is 11.8. The summed E-state index contributed by atoms with van der Waals surface area (Å²) < 4.78 is 4.89. The van der Waals surface area contributed by atoms with Crippen molar-refractivity contribution in [2.45, 2.75) is 0 Å². The summed E-state index contributed by atoms with van der Waals surface area (Å²) in [6.07, 6.45) is 0. The van der Waals surface area contributed by atoms with Gasteiger partial charge in [-0.1, -0.05) is 121 Å². The van der Waals surface area contributed by atoms with E-state index in [-0.39, 0.29) is 0 Å². The minimum atomic E-state index is 0.673. The Hall–Kier alpha value is -5.84. The third kappa shape index (κ3) is 3.71. The highest BCUT2D eigenvalue weighted by Gasteiger charge is 2.20. The molecule has 0 unspecified atom stereocenters. The van der Waals surface area contributed by atoms with Crippen molar-refractivity contribution in [2.24, 2.45) is 0 Å². The SMILES string of the molecule is c1ccc(-c2nc(-n3c4ccc(-c5cccc6c5sc5ccccc56)cc4c4c5ccccc5ccc43)nc3ccccc23)cc1. The zero-order chi connectivity index (χ0) is 30.2. The van der Waals surface area contributed by atoms with Crippen LogP contribution in [0.3, 0.4) is 0 Å². The average Bonchev–Trinajstić information content (AvgIpc) is 3.67. The van der Waals surface area contributed by atoms with E-state index in [0.717, 1.165) is 33.2 Å². The van der Waals surface area contributed by atoms with Gasteiger partial charge in [0, 0.05) is 41.9 Å². The fourth-order valence-electron chi connectivity index (χ4n) is 7.13. The first-order valence-corrected chi connectivity index (χ1v) is 16.3. The molecule has 0 N–H and O–H groups in total. The molecule has 3 aromatic heterocycles. The van der Waals surface area contributed by atoms with E-state index < -0.39 is 0 Å². The lowest BCUT2D eigenvalue weighted by molar-refractivity contribution is 1.01. The van der Waals surface area contributed by atoms with Crippen LogP contribution in [0.25, 0.3) is 92.0 Å². The molecule has 0 amide bonds. The van der Waals surface area contributed by atoms with E-state index >= 15 is 0 Å². The summed E-state index contributed by atoms with van der Waals surface area (Å²) in [5.74, 6) is 0.673. The normalized spacial score (nSPS) is 11.9. The zero-order valence-corrected chi connectivity index (χ0v) is 25.5. The number of fused-ring (bicyclic) bond motifs is 9. The Bertz CT molecular complexity index is 2810. The average molecular weight is 604 g/mol. The van der Waals surface area contributed by atoms with Gasteiger partial charge in [-0.05, 0) is 52.2 Å². The number of benzene rings is 7. The molecule has 0 atom stereocenters. The quantitative estimate of drug-likeness (QED) is 0.201. The van der Waals surface area contributed by atoms with E-state index in [1.165, 1.54) is 52.8 Å². The molecule has 3 nitrogen and oxygen atoms in total. The first-order valence-electron chi connectivity index (χ1n) is 15.5. The topological polar surface area (TPSA) is 30.7 Å². The maximum absolute atomic E-state index is 5.29. The zero-order valence-electron chi connectivity index (χ0n) is 24.7. The Morgan fingerprint density at radius 2 is 1.22 bits per heavy atom. The third-order valence-corrected chi connectivity index (χ3v) is 10.4. The number of aromatic nitrogens is 3. The van der Waals surface area contributed by atoms with Crippen LogP contribution in [-0.2, 0) is 0 Å². The molecule has 0 spiro atoms. The summed E-state index contributed by atoms with van der Waals surface area (Å²) in [7, 11) is 0. The van der Waals surface area contributed by atoms with Gasteiger partial charge in [0.2, 0.25) is 5.95 Å². The van der Waals surface area contributed by atoms with Crippen LogP contribution in [0.5, 0.6) is 0 Å². The van der Waals surface area contributed by atoms with Gasteiger partial charge in [0.1, 0.15) is 0 Å². The Labute approximate surface area is 268 Å². The molecule has 0 radical (unpaired) electrons. The molecule has 0 aliphatic carbocycles. The molecule has 46 heavy (non-hydrogen) atoms. The van der Waals surface area contributed by atoms with Gasteiger partial charge in [-0.2, -0.15) is 0 Å². The van der Waals surface area contributed by atoms with Crippen LogP contribution in [0, 0.1) is 0 Å². The van der Waals surface area contributed by atoms with Gasteiger partial charge in [0.15, 0.2) is 0 Å². The van der Waals surface area contributed by atoms with Crippen molar-refractivity contribution in [3.8, 4) is 28.3 Å². The summed E-state index contributed by atoms with van der Waals surface area (Å²) in [5, 5.41) is 8.53. The van der Waals surface area contributed by atoms with Gasteiger partial charge in [-0.3, -0.25) is 4.57 Å². The van der Waals surface area contributed by atoms with Crippen LogP contribution in [0.1, 0.15) is 0 Å². The number of rotatable bonds is 3. The van der Waals surface area contributed by atoms with Crippen LogP contribution >= 0.6 is 11.3 Å². The molecule has 3 heterocycles. The monoisotopic (exact) mass is 603 g/mol. The van der Waals surface area contributed by atoms with Crippen LogP contribution in [0.2, 0.25) is 0 Å². The Morgan fingerprint density at radius 1 is 0.478 bits per heavy atom. The largest absolute Gasteiger partial charge is 0.278 e. The minimum Gasteiger partial charge on any atom is -0.278 e. The van der Waals surface area contributed by atoms with Crippen molar-refractivity contribution >= 4 is 75.0 Å². The summed E-state index contributed by atoms with van der Waals surface area (Å²) in [6, 6.07) is 54.1. The summed E-state index contributed by atoms with van der Waals surface area (Å²) in [4.78, 5) is 10.5. The molecule has 0 aliphatic rings. The second kappa shape index (κ2) is 9.83. The van der Waals surface area contributed by atoms with Gasteiger partial charge in [0.05, 0.1) is 22.2 Å². The maximum atomic E-state index is 5.29. The molecule has 0 saturated carbocycles. The fraction of sp³-hybridized carbons (Fsp3) is 0. The summed E-state index contributed by atoms with van der Waals surface area (Å²) in [6.45, 7) is 0. The van der Waals surface area contributed by atoms with Gasteiger partial charge in [-0.15, -0.1) is 11.3 Å². The number of hydrogen-bond acceptors (Lipinski definition) is 3. The molecule has 0 saturated heterocycles. The maximum Gasteiger partial charge on any atom is 0.235 e. The van der Waals surface area contributed by atoms with E-state index in [0.29, 0.717) is 5.95 Å².